The fourth-order valence-corrected chi connectivity index (χ4v) is 6.72. The molecule has 0 spiro atoms. The molecule has 6 heteroatoms. The Morgan fingerprint density at radius 1 is 0.895 bits per heavy atom. The number of rotatable bonds is 5. The number of H-pyrrole nitrogens is 1. The SMILES string of the molecule is O=C1c2cccc(-c3nc4ccc(C5CCN(Cc6ccccc6)C5)cc4[nH]c3=O)c2CN1C1CCCC1. The molecule has 1 atom stereocenters. The van der Waals surface area contributed by atoms with E-state index in [1.54, 1.807) is 0 Å². The molecule has 1 amide bonds. The van der Waals surface area contributed by atoms with Crippen LogP contribution in [-0.4, -0.2) is 44.8 Å². The lowest BCUT2D eigenvalue weighted by Crippen LogP contribution is -2.33. The zero-order chi connectivity index (χ0) is 25.6. The second-order valence-electron chi connectivity index (χ2n) is 11.1. The van der Waals surface area contributed by atoms with Gasteiger partial charge in [0.15, 0.2) is 0 Å². The minimum Gasteiger partial charge on any atom is -0.331 e. The number of carbonyl (C=O) groups is 1. The molecule has 2 fully saturated rings. The Labute approximate surface area is 222 Å². The first kappa shape index (κ1) is 23.4. The highest BCUT2D eigenvalue weighted by Gasteiger charge is 2.36. The van der Waals surface area contributed by atoms with Crippen molar-refractivity contribution >= 4 is 16.9 Å². The molecule has 3 heterocycles. The fourth-order valence-electron chi connectivity index (χ4n) is 6.72. The van der Waals surface area contributed by atoms with Crippen LogP contribution in [0.1, 0.15) is 65.1 Å². The summed E-state index contributed by atoms with van der Waals surface area (Å²) >= 11 is 0. The van der Waals surface area contributed by atoms with Gasteiger partial charge in [0.2, 0.25) is 0 Å². The van der Waals surface area contributed by atoms with Gasteiger partial charge in [-0.2, -0.15) is 0 Å². The molecule has 7 rings (SSSR count). The van der Waals surface area contributed by atoms with Gasteiger partial charge in [-0.05, 0) is 66.6 Å². The van der Waals surface area contributed by atoms with Crippen LogP contribution in [0, 0.1) is 0 Å². The first-order valence-corrected chi connectivity index (χ1v) is 13.9. The first-order valence-electron chi connectivity index (χ1n) is 13.9. The van der Waals surface area contributed by atoms with Crippen LogP contribution < -0.4 is 5.56 Å². The zero-order valence-electron chi connectivity index (χ0n) is 21.5. The third-order valence-electron chi connectivity index (χ3n) is 8.73. The third kappa shape index (κ3) is 4.13. The Hall–Kier alpha value is -3.77. The van der Waals surface area contributed by atoms with Crippen molar-refractivity contribution < 1.29 is 4.79 Å². The second kappa shape index (κ2) is 9.52. The highest BCUT2D eigenvalue weighted by molar-refractivity contribution is 6.00. The van der Waals surface area contributed by atoms with Crippen molar-refractivity contribution in [2.24, 2.45) is 0 Å². The van der Waals surface area contributed by atoms with Gasteiger partial charge in [-0.3, -0.25) is 14.5 Å². The van der Waals surface area contributed by atoms with Crippen LogP contribution in [-0.2, 0) is 13.1 Å². The molecule has 0 radical (unpaired) electrons. The van der Waals surface area contributed by atoms with E-state index in [-0.39, 0.29) is 11.5 Å². The topological polar surface area (TPSA) is 69.3 Å². The van der Waals surface area contributed by atoms with Gasteiger partial charge in [-0.25, -0.2) is 4.98 Å². The predicted octanol–water partition coefficient (Wildman–Crippen LogP) is 5.48. The van der Waals surface area contributed by atoms with E-state index in [4.69, 9.17) is 4.98 Å². The zero-order valence-corrected chi connectivity index (χ0v) is 21.5. The molecule has 192 valence electrons. The average molecular weight is 505 g/mol. The van der Waals surface area contributed by atoms with Gasteiger partial charge < -0.3 is 9.88 Å². The molecule has 1 N–H and O–H groups in total. The molecule has 3 aromatic carbocycles. The van der Waals surface area contributed by atoms with E-state index in [9.17, 15) is 9.59 Å². The van der Waals surface area contributed by atoms with Crippen LogP contribution in [0.2, 0.25) is 0 Å². The summed E-state index contributed by atoms with van der Waals surface area (Å²) in [5.74, 6) is 0.532. The molecule has 0 bridgehead atoms. The Morgan fingerprint density at radius 3 is 2.55 bits per heavy atom. The standard InChI is InChI=1S/C32H32N4O2/c37-31-30(25-11-6-12-26-27(25)20-36(32(26)38)24-9-4-5-10-24)33-28-14-13-22(17-29(28)34-31)23-15-16-35(19-23)18-21-7-2-1-3-8-21/h1-3,6-8,11-14,17,23-24H,4-5,9-10,15-16,18-20H2,(H,34,37). The molecule has 1 saturated heterocycles. The molecule has 1 saturated carbocycles. The summed E-state index contributed by atoms with van der Waals surface area (Å²) in [5, 5.41) is 0. The Kier molecular flexibility index (Phi) is 5.85. The van der Waals surface area contributed by atoms with E-state index < -0.39 is 0 Å². The highest BCUT2D eigenvalue weighted by atomic mass is 16.2. The number of aromatic nitrogens is 2. The average Bonchev–Trinajstić information content (AvgIpc) is 3.70. The maximum atomic E-state index is 13.3. The molecule has 1 unspecified atom stereocenters. The van der Waals surface area contributed by atoms with Crippen LogP contribution in [0.15, 0.2) is 71.5 Å². The normalized spacial score (nSPS) is 20.1. The van der Waals surface area contributed by atoms with Crippen LogP contribution in [0.4, 0.5) is 0 Å². The van der Waals surface area contributed by atoms with Crippen LogP contribution in [0.3, 0.4) is 0 Å². The van der Waals surface area contributed by atoms with E-state index in [0.717, 1.165) is 61.1 Å². The number of nitrogens with zero attached hydrogens (tertiary/aromatic N) is 3. The fraction of sp³-hybridized carbons (Fsp3) is 0.344. The molecule has 3 aliphatic rings. The monoisotopic (exact) mass is 504 g/mol. The third-order valence-corrected chi connectivity index (χ3v) is 8.73. The lowest BCUT2D eigenvalue weighted by atomic mass is 9.97. The maximum Gasteiger partial charge on any atom is 0.274 e. The Bertz CT molecular complexity index is 1570. The first-order chi connectivity index (χ1) is 18.6. The van der Waals surface area contributed by atoms with Crippen molar-refractivity contribution in [1.82, 2.24) is 19.8 Å². The lowest BCUT2D eigenvalue weighted by Gasteiger charge is -2.23. The Balaban J connectivity index is 1.15. The van der Waals surface area contributed by atoms with Crippen LogP contribution in [0.25, 0.3) is 22.3 Å². The Morgan fingerprint density at radius 2 is 1.71 bits per heavy atom. The summed E-state index contributed by atoms with van der Waals surface area (Å²) in [6.45, 7) is 3.61. The van der Waals surface area contributed by atoms with Gasteiger partial charge in [0.25, 0.3) is 11.5 Å². The van der Waals surface area contributed by atoms with Gasteiger partial charge in [-0.1, -0.05) is 61.4 Å². The number of carbonyl (C=O) groups excluding carboxylic acids is 1. The number of aromatic amines is 1. The summed E-state index contributed by atoms with van der Waals surface area (Å²) in [6, 6.07) is 22.9. The lowest BCUT2D eigenvalue weighted by molar-refractivity contribution is 0.0707. The number of amides is 1. The molecule has 1 aromatic heterocycles. The summed E-state index contributed by atoms with van der Waals surface area (Å²) < 4.78 is 0. The van der Waals surface area contributed by atoms with E-state index in [2.05, 4.69) is 52.3 Å². The summed E-state index contributed by atoms with van der Waals surface area (Å²) in [4.78, 5) is 38.9. The van der Waals surface area contributed by atoms with E-state index >= 15 is 0 Å². The molecule has 1 aliphatic carbocycles. The second-order valence-corrected chi connectivity index (χ2v) is 11.1. The molecule has 2 aliphatic heterocycles. The van der Waals surface area contributed by atoms with Crippen LogP contribution in [0.5, 0.6) is 0 Å². The quantitative estimate of drug-likeness (QED) is 0.391. The minimum atomic E-state index is -0.202. The van der Waals surface area contributed by atoms with Crippen molar-refractivity contribution in [3.8, 4) is 11.3 Å². The largest absolute Gasteiger partial charge is 0.331 e. The number of benzene rings is 3. The highest BCUT2D eigenvalue weighted by Crippen LogP contribution is 2.36. The number of hydrogen-bond donors (Lipinski definition) is 1. The summed E-state index contributed by atoms with van der Waals surface area (Å²) in [5.41, 5.74) is 6.76. The number of nitrogens with one attached hydrogen (secondary N) is 1. The molecule has 4 aromatic rings. The van der Waals surface area contributed by atoms with Crippen LogP contribution >= 0.6 is 0 Å². The van der Waals surface area contributed by atoms with Crippen molar-refractivity contribution in [1.29, 1.82) is 0 Å². The molecule has 6 nitrogen and oxygen atoms in total. The minimum absolute atomic E-state index is 0.0912. The summed E-state index contributed by atoms with van der Waals surface area (Å²) in [7, 11) is 0. The van der Waals surface area contributed by atoms with Crippen molar-refractivity contribution in [2.45, 2.75) is 57.2 Å². The molecule has 38 heavy (non-hydrogen) atoms. The van der Waals surface area contributed by atoms with Gasteiger partial charge in [0, 0.05) is 36.8 Å². The van der Waals surface area contributed by atoms with Gasteiger partial charge in [-0.15, -0.1) is 0 Å². The van der Waals surface area contributed by atoms with Crippen molar-refractivity contribution in [2.75, 3.05) is 13.1 Å². The number of hydrogen-bond acceptors (Lipinski definition) is 4. The molecular weight excluding hydrogens is 472 g/mol. The van der Waals surface area contributed by atoms with Gasteiger partial charge in [0.1, 0.15) is 5.69 Å². The number of likely N-dealkylation sites (tertiary alicyclic amines) is 1. The van der Waals surface area contributed by atoms with Gasteiger partial charge in [0.05, 0.1) is 11.0 Å². The van der Waals surface area contributed by atoms with Crippen molar-refractivity contribution in [3.05, 3.63) is 99.3 Å². The van der Waals surface area contributed by atoms with Gasteiger partial charge >= 0.3 is 0 Å². The predicted molar refractivity (Wildman–Crippen MR) is 149 cm³/mol. The van der Waals surface area contributed by atoms with E-state index in [1.807, 2.05) is 29.2 Å². The molecular formula is C32H32N4O2. The van der Waals surface area contributed by atoms with Crippen molar-refractivity contribution in [3.63, 3.8) is 0 Å². The smallest absolute Gasteiger partial charge is 0.274 e. The summed E-state index contributed by atoms with van der Waals surface area (Å²) in [6.07, 6.45) is 5.60. The number of fused-ring (bicyclic) bond motifs is 2. The van der Waals surface area contributed by atoms with E-state index in [0.29, 0.717) is 29.8 Å². The van der Waals surface area contributed by atoms with E-state index in [1.165, 1.54) is 24.0 Å². The maximum absolute atomic E-state index is 13.3.